The summed E-state index contributed by atoms with van der Waals surface area (Å²) in [5, 5.41) is 2.03. The molecule has 1 aromatic heterocycles. The van der Waals surface area contributed by atoms with Gasteiger partial charge >= 0.3 is 12.1 Å². The highest BCUT2D eigenvalue weighted by Gasteiger charge is 2.62. The van der Waals surface area contributed by atoms with Crippen molar-refractivity contribution in [2.45, 2.75) is 43.8 Å². The Morgan fingerprint density at radius 1 is 1.18 bits per heavy atom. The van der Waals surface area contributed by atoms with E-state index in [4.69, 9.17) is 16.3 Å². The van der Waals surface area contributed by atoms with Gasteiger partial charge < -0.3 is 10.1 Å². The number of ether oxygens (including phenoxy) is 1. The van der Waals surface area contributed by atoms with E-state index in [2.05, 4.69) is 15.3 Å². The Morgan fingerprint density at radius 3 is 2.25 bits per heavy atom. The molecule has 0 unspecified atom stereocenters. The van der Waals surface area contributed by atoms with Crippen molar-refractivity contribution in [2.24, 2.45) is 23.7 Å². The Labute approximate surface area is 164 Å². The first-order valence-corrected chi connectivity index (χ1v) is 9.53. The Morgan fingerprint density at radius 2 is 1.75 bits per heavy atom. The van der Waals surface area contributed by atoms with Crippen LogP contribution in [-0.4, -0.2) is 34.5 Å². The summed E-state index contributed by atoms with van der Waals surface area (Å²) in [5.74, 6) is -0.964. The first-order chi connectivity index (χ1) is 13.1. The van der Waals surface area contributed by atoms with Crippen molar-refractivity contribution in [3.05, 3.63) is 22.7 Å². The first-order valence-electron chi connectivity index (χ1n) is 9.15. The van der Waals surface area contributed by atoms with Gasteiger partial charge in [-0.25, -0.2) is 14.8 Å². The van der Waals surface area contributed by atoms with Crippen LogP contribution in [0.15, 0.2) is 6.20 Å². The predicted molar refractivity (Wildman–Crippen MR) is 91.3 cm³/mol. The van der Waals surface area contributed by atoms with Crippen LogP contribution in [0.3, 0.4) is 0 Å². The van der Waals surface area contributed by atoms with E-state index >= 15 is 0 Å². The average molecular weight is 418 g/mol. The lowest BCUT2D eigenvalue weighted by molar-refractivity contribution is -0.167. The second-order valence-corrected chi connectivity index (χ2v) is 8.36. The monoisotopic (exact) mass is 417 g/mol. The maximum absolute atomic E-state index is 13.4. The zero-order valence-corrected chi connectivity index (χ0v) is 15.8. The van der Waals surface area contributed by atoms with Gasteiger partial charge in [-0.1, -0.05) is 0 Å². The minimum Gasteiger partial charge on any atom is -0.467 e. The molecule has 4 fully saturated rings. The molecule has 1 heterocycles. The number of hydrogen-bond acceptors (Lipinski definition) is 5. The van der Waals surface area contributed by atoms with Gasteiger partial charge in [-0.05, 0) is 67.4 Å². The summed E-state index contributed by atoms with van der Waals surface area (Å²) in [4.78, 5) is 32.4. The molecule has 0 spiro atoms. The van der Waals surface area contributed by atoms with Gasteiger partial charge in [-0.2, -0.15) is 13.2 Å². The predicted octanol–water partition coefficient (Wildman–Crippen LogP) is 3.25. The highest BCUT2D eigenvalue weighted by Crippen LogP contribution is 2.58. The molecular weight excluding hydrogens is 399 g/mol. The van der Waals surface area contributed by atoms with Gasteiger partial charge in [0.1, 0.15) is 5.54 Å². The van der Waals surface area contributed by atoms with E-state index in [1.54, 1.807) is 0 Å². The number of nitrogens with one attached hydrogen (secondary N) is 1. The molecule has 6 nitrogen and oxygen atoms in total. The average Bonchev–Trinajstić information content (AvgIpc) is 2.62. The Kier molecular flexibility index (Phi) is 4.56. The standard InChI is InChI=1S/C18H19ClF3N3O3/c1-28-15(27)17(10-3-8-2-9(5-10)6-11(17)4-8)25-14(26)12-7-23-16(19)24-13(12)18(20,21)22/h7-11H,2-6H2,1H3,(H,25,26). The Hall–Kier alpha value is -1.90. The summed E-state index contributed by atoms with van der Waals surface area (Å²) >= 11 is 5.49. The summed E-state index contributed by atoms with van der Waals surface area (Å²) in [7, 11) is 1.23. The maximum Gasteiger partial charge on any atom is 0.434 e. The number of amides is 1. The molecule has 0 aliphatic heterocycles. The van der Waals surface area contributed by atoms with Crippen LogP contribution in [0.4, 0.5) is 13.2 Å². The molecular formula is C18H19ClF3N3O3. The molecule has 4 aliphatic carbocycles. The van der Waals surface area contributed by atoms with E-state index in [1.807, 2.05) is 0 Å². The lowest BCUT2D eigenvalue weighted by Gasteiger charge is -2.59. The Balaban J connectivity index is 1.72. The topological polar surface area (TPSA) is 81.2 Å². The highest BCUT2D eigenvalue weighted by atomic mass is 35.5. The molecule has 0 aromatic carbocycles. The number of esters is 1. The van der Waals surface area contributed by atoms with Crippen LogP contribution >= 0.6 is 11.6 Å². The van der Waals surface area contributed by atoms with Crippen LogP contribution in [0.25, 0.3) is 0 Å². The summed E-state index contributed by atoms with van der Waals surface area (Å²) < 4.78 is 45.1. The number of halogens is 4. The molecule has 10 heteroatoms. The van der Waals surface area contributed by atoms with Crippen molar-refractivity contribution in [3.8, 4) is 0 Å². The van der Waals surface area contributed by atoms with Crippen molar-refractivity contribution >= 4 is 23.5 Å². The Bertz CT molecular complexity index is 802. The molecule has 5 rings (SSSR count). The van der Waals surface area contributed by atoms with E-state index in [-0.39, 0.29) is 11.8 Å². The summed E-state index contributed by atoms with van der Waals surface area (Å²) in [6.45, 7) is 0. The third kappa shape index (κ3) is 2.94. The number of carbonyl (C=O) groups excluding carboxylic acids is 2. The van der Waals surface area contributed by atoms with E-state index in [0.717, 1.165) is 38.3 Å². The van der Waals surface area contributed by atoms with Gasteiger partial charge in [0, 0.05) is 6.20 Å². The molecule has 1 amide bonds. The van der Waals surface area contributed by atoms with Gasteiger partial charge in [0.25, 0.3) is 5.91 Å². The molecule has 1 N–H and O–H groups in total. The van der Waals surface area contributed by atoms with Crippen molar-refractivity contribution in [3.63, 3.8) is 0 Å². The summed E-state index contributed by atoms with van der Waals surface area (Å²) in [6.07, 6.45) is -0.00770. The lowest BCUT2D eigenvalue weighted by Crippen LogP contribution is -2.70. The largest absolute Gasteiger partial charge is 0.467 e. The normalized spacial score (nSPS) is 33.6. The number of aromatic nitrogens is 2. The number of hydrogen-bond donors (Lipinski definition) is 1. The molecule has 0 saturated heterocycles. The molecule has 1 aromatic rings. The first kappa shape index (κ1) is 19.4. The minimum absolute atomic E-state index is 0.150. The highest BCUT2D eigenvalue weighted by molar-refractivity contribution is 6.28. The van der Waals surface area contributed by atoms with Gasteiger partial charge in [0.05, 0.1) is 12.7 Å². The lowest BCUT2D eigenvalue weighted by atomic mass is 9.48. The quantitative estimate of drug-likeness (QED) is 0.603. The molecule has 4 aliphatic rings. The SMILES string of the molecule is COC(=O)C1(NC(=O)c2cnc(Cl)nc2C(F)(F)F)C2CC3CC(C2)CC1C3. The van der Waals surface area contributed by atoms with Gasteiger partial charge in [-0.15, -0.1) is 0 Å². The second kappa shape index (κ2) is 6.57. The number of rotatable bonds is 3. The number of alkyl halides is 3. The fraction of sp³-hybridized carbons (Fsp3) is 0.667. The molecule has 0 radical (unpaired) electrons. The van der Waals surface area contributed by atoms with E-state index < -0.39 is 40.1 Å². The second-order valence-electron chi connectivity index (χ2n) is 8.02. The van der Waals surface area contributed by atoms with E-state index in [9.17, 15) is 22.8 Å². The van der Waals surface area contributed by atoms with Crippen molar-refractivity contribution in [1.82, 2.24) is 15.3 Å². The van der Waals surface area contributed by atoms with Crippen LogP contribution in [0.1, 0.15) is 48.2 Å². The molecule has 0 atom stereocenters. The van der Waals surface area contributed by atoms with Gasteiger partial charge in [-0.3, -0.25) is 4.79 Å². The zero-order chi connectivity index (χ0) is 20.3. The molecule has 28 heavy (non-hydrogen) atoms. The van der Waals surface area contributed by atoms with Crippen LogP contribution in [0.5, 0.6) is 0 Å². The van der Waals surface area contributed by atoms with Crippen LogP contribution in [0.2, 0.25) is 5.28 Å². The van der Waals surface area contributed by atoms with Crippen molar-refractivity contribution < 1.29 is 27.5 Å². The third-order valence-electron chi connectivity index (χ3n) is 6.54. The molecule has 4 saturated carbocycles. The van der Waals surface area contributed by atoms with Crippen LogP contribution in [0, 0.1) is 23.7 Å². The van der Waals surface area contributed by atoms with Gasteiger partial charge in [0.15, 0.2) is 5.69 Å². The number of nitrogens with zero attached hydrogens (tertiary/aromatic N) is 2. The summed E-state index contributed by atoms with van der Waals surface area (Å²) in [6, 6.07) is 0. The number of methoxy groups -OCH3 is 1. The molecule has 4 bridgehead atoms. The van der Waals surface area contributed by atoms with Crippen LogP contribution < -0.4 is 5.32 Å². The van der Waals surface area contributed by atoms with E-state index in [1.165, 1.54) is 7.11 Å². The third-order valence-corrected chi connectivity index (χ3v) is 6.72. The van der Waals surface area contributed by atoms with Crippen molar-refractivity contribution in [2.75, 3.05) is 7.11 Å². The maximum atomic E-state index is 13.4. The smallest absolute Gasteiger partial charge is 0.434 e. The van der Waals surface area contributed by atoms with Crippen molar-refractivity contribution in [1.29, 1.82) is 0 Å². The fourth-order valence-corrected chi connectivity index (χ4v) is 5.82. The fourth-order valence-electron chi connectivity index (χ4n) is 5.68. The zero-order valence-electron chi connectivity index (χ0n) is 15.1. The minimum atomic E-state index is -4.89. The van der Waals surface area contributed by atoms with Gasteiger partial charge in [0.2, 0.25) is 5.28 Å². The molecule has 152 valence electrons. The summed E-state index contributed by atoms with van der Waals surface area (Å²) in [5.41, 5.74) is -3.50. The van der Waals surface area contributed by atoms with Crippen LogP contribution in [-0.2, 0) is 15.7 Å². The number of carbonyl (C=O) groups is 2. The van der Waals surface area contributed by atoms with E-state index in [0.29, 0.717) is 11.8 Å².